The monoisotopic (exact) mass is 322 g/mol. The Balaban J connectivity index is 2.67. The molecular formula is C14H26O8. The second kappa shape index (κ2) is 8.76. The molecule has 0 aromatic carbocycles. The highest BCUT2D eigenvalue weighted by atomic mass is 16.7. The van der Waals surface area contributed by atoms with E-state index in [1.807, 2.05) is 13.8 Å². The Labute approximate surface area is 129 Å². The van der Waals surface area contributed by atoms with E-state index in [-0.39, 0.29) is 12.3 Å². The van der Waals surface area contributed by atoms with E-state index < -0.39 is 55.8 Å². The van der Waals surface area contributed by atoms with E-state index in [9.17, 15) is 20.1 Å². The third-order valence-corrected chi connectivity index (χ3v) is 4.00. The van der Waals surface area contributed by atoms with Crippen LogP contribution in [-0.2, 0) is 14.3 Å². The molecule has 1 heterocycles. The van der Waals surface area contributed by atoms with Crippen molar-refractivity contribution >= 4 is 5.97 Å². The number of carbonyl (C=O) groups is 1. The van der Waals surface area contributed by atoms with E-state index in [1.54, 1.807) is 0 Å². The minimum Gasteiger partial charge on any atom is -0.481 e. The summed E-state index contributed by atoms with van der Waals surface area (Å²) in [4.78, 5) is 10.6. The first-order valence-electron chi connectivity index (χ1n) is 7.47. The van der Waals surface area contributed by atoms with Crippen LogP contribution in [0.5, 0.6) is 0 Å². The maximum atomic E-state index is 10.6. The number of carboxylic acids is 1. The molecule has 1 rings (SSSR count). The Hall–Kier alpha value is -0.770. The normalized spacial score (nSPS) is 32.6. The summed E-state index contributed by atoms with van der Waals surface area (Å²) in [5.74, 6) is -1.12. The molecule has 8 nitrogen and oxygen atoms in total. The van der Waals surface area contributed by atoms with Gasteiger partial charge in [0.15, 0.2) is 6.29 Å². The van der Waals surface area contributed by atoms with Crippen LogP contribution in [0, 0.1) is 5.92 Å². The SMILES string of the molecule is CC[C@H](C)[C@@H](C[C@H](O)CC(=O)O)O[C@@H]1O[C@@H](CO)[C@H](O)[C@H]1O. The Morgan fingerprint density at radius 1 is 1.32 bits per heavy atom. The molecule has 0 saturated carbocycles. The molecule has 0 radical (unpaired) electrons. The molecule has 7 atom stereocenters. The largest absolute Gasteiger partial charge is 0.481 e. The second-order valence-corrected chi connectivity index (χ2v) is 5.75. The predicted octanol–water partition coefficient (Wildman–Crippen LogP) is -0.918. The first-order chi connectivity index (χ1) is 10.3. The molecular weight excluding hydrogens is 296 g/mol. The minimum atomic E-state index is -1.31. The van der Waals surface area contributed by atoms with E-state index in [0.717, 1.165) is 6.42 Å². The van der Waals surface area contributed by atoms with Gasteiger partial charge in [-0.3, -0.25) is 4.79 Å². The van der Waals surface area contributed by atoms with Crippen LogP contribution < -0.4 is 0 Å². The molecule has 0 bridgehead atoms. The molecule has 1 saturated heterocycles. The summed E-state index contributed by atoms with van der Waals surface area (Å²) in [7, 11) is 0. The average Bonchev–Trinajstić information content (AvgIpc) is 2.72. The third kappa shape index (κ3) is 5.15. The van der Waals surface area contributed by atoms with Crippen molar-refractivity contribution in [2.75, 3.05) is 6.61 Å². The van der Waals surface area contributed by atoms with E-state index in [0.29, 0.717) is 0 Å². The van der Waals surface area contributed by atoms with E-state index in [1.165, 1.54) is 0 Å². The van der Waals surface area contributed by atoms with Gasteiger partial charge < -0.3 is 35.0 Å². The van der Waals surface area contributed by atoms with Gasteiger partial charge in [0.05, 0.1) is 25.2 Å². The standard InChI is InChI=1S/C14H26O8/c1-3-7(2)9(4-8(16)5-11(17)18)21-14-13(20)12(19)10(6-15)22-14/h7-10,12-16,19-20H,3-6H2,1-2H3,(H,17,18)/t7-,8-,9+,10-,12-,13+,14+/m0/s1. The van der Waals surface area contributed by atoms with Gasteiger partial charge >= 0.3 is 5.97 Å². The lowest BCUT2D eigenvalue weighted by molar-refractivity contribution is -0.208. The zero-order chi connectivity index (χ0) is 16.9. The van der Waals surface area contributed by atoms with Crippen molar-refractivity contribution < 1.29 is 39.8 Å². The first-order valence-corrected chi connectivity index (χ1v) is 7.47. The zero-order valence-corrected chi connectivity index (χ0v) is 12.8. The van der Waals surface area contributed by atoms with Crippen molar-refractivity contribution in [3.05, 3.63) is 0 Å². The summed E-state index contributed by atoms with van der Waals surface area (Å²) in [6, 6.07) is 0. The van der Waals surface area contributed by atoms with Crippen molar-refractivity contribution in [1.29, 1.82) is 0 Å². The molecule has 1 aliphatic rings. The fraction of sp³-hybridized carbons (Fsp3) is 0.929. The summed E-state index contributed by atoms with van der Waals surface area (Å²) < 4.78 is 10.9. The molecule has 130 valence electrons. The van der Waals surface area contributed by atoms with Gasteiger partial charge in [0.25, 0.3) is 0 Å². The summed E-state index contributed by atoms with van der Waals surface area (Å²) in [5, 5.41) is 47.1. The van der Waals surface area contributed by atoms with Gasteiger partial charge in [-0.2, -0.15) is 0 Å². The lowest BCUT2D eigenvalue weighted by Gasteiger charge is -2.29. The van der Waals surface area contributed by atoms with Gasteiger partial charge in [-0.1, -0.05) is 20.3 Å². The maximum absolute atomic E-state index is 10.6. The quantitative estimate of drug-likeness (QED) is 0.368. The highest BCUT2D eigenvalue weighted by Crippen LogP contribution is 2.27. The minimum absolute atomic E-state index is 0.00966. The molecule has 5 N–H and O–H groups in total. The molecule has 0 amide bonds. The maximum Gasteiger partial charge on any atom is 0.305 e. The number of aliphatic carboxylic acids is 1. The molecule has 8 heteroatoms. The Kier molecular flexibility index (Phi) is 7.67. The molecule has 22 heavy (non-hydrogen) atoms. The van der Waals surface area contributed by atoms with Crippen LogP contribution in [0.4, 0.5) is 0 Å². The van der Waals surface area contributed by atoms with Crippen LogP contribution in [0.15, 0.2) is 0 Å². The lowest BCUT2D eigenvalue weighted by atomic mass is 9.95. The fourth-order valence-corrected chi connectivity index (χ4v) is 2.39. The van der Waals surface area contributed by atoms with Gasteiger partial charge in [-0.05, 0) is 5.92 Å². The number of carboxylic acid groups (broad SMARTS) is 1. The third-order valence-electron chi connectivity index (χ3n) is 4.00. The number of aliphatic hydroxyl groups excluding tert-OH is 4. The van der Waals surface area contributed by atoms with Crippen LogP contribution >= 0.6 is 0 Å². The molecule has 1 aliphatic heterocycles. The topological polar surface area (TPSA) is 137 Å². The van der Waals surface area contributed by atoms with Crippen LogP contribution in [0.2, 0.25) is 0 Å². The van der Waals surface area contributed by atoms with Crippen LogP contribution in [0.3, 0.4) is 0 Å². The van der Waals surface area contributed by atoms with Gasteiger partial charge in [-0.15, -0.1) is 0 Å². The van der Waals surface area contributed by atoms with Crippen molar-refractivity contribution in [1.82, 2.24) is 0 Å². The number of rotatable bonds is 9. The predicted molar refractivity (Wildman–Crippen MR) is 75.0 cm³/mol. The van der Waals surface area contributed by atoms with E-state index in [2.05, 4.69) is 0 Å². The molecule has 0 aromatic rings. The summed E-state index contributed by atoms with van der Waals surface area (Å²) in [6.45, 7) is 3.34. The first kappa shape index (κ1) is 19.3. The van der Waals surface area contributed by atoms with Gasteiger partial charge in [-0.25, -0.2) is 0 Å². The molecule has 0 spiro atoms. The summed E-state index contributed by atoms with van der Waals surface area (Å²) in [6.07, 6.45) is -5.82. The molecule has 0 unspecified atom stereocenters. The second-order valence-electron chi connectivity index (χ2n) is 5.75. The molecule has 0 aliphatic carbocycles. The summed E-state index contributed by atoms with van der Waals surface area (Å²) >= 11 is 0. The van der Waals surface area contributed by atoms with E-state index >= 15 is 0 Å². The number of aliphatic hydroxyl groups is 4. The Morgan fingerprint density at radius 2 is 1.95 bits per heavy atom. The number of hydrogen-bond donors (Lipinski definition) is 5. The van der Waals surface area contributed by atoms with Gasteiger partial charge in [0.1, 0.15) is 18.3 Å². The van der Waals surface area contributed by atoms with Crippen LogP contribution in [-0.4, -0.2) is 74.9 Å². The highest BCUT2D eigenvalue weighted by Gasteiger charge is 2.44. The molecule has 0 aromatic heterocycles. The Morgan fingerprint density at radius 3 is 2.41 bits per heavy atom. The van der Waals surface area contributed by atoms with Crippen LogP contribution in [0.25, 0.3) is 0 Å². The Bertz CT molecular complexity index is 350. The zero-order valence-electron chi connectivity index (χ0n) is 12.8. The van der Waals surface area contributed by atoms with Crippen molar-refractivity contribution in [3.8, 4) is 0 Å². The molecule has 1 fully saturated rings. The van der Waals surface area contributed by atoms with Gasteiger partial charge in [0, 0.05) is 6.42 Å². The average molecular weight is 322 g/mol. The lowest BCUT2D eigenvalue weighted by Crippen LogP contribution is -2.38. The summed E-state index contributed by atoms with van der Waals surface area (Å²) in [5.41, 5.74) is 0. The van der Waals surface area contributed by atoms with Crippen molar-refractivity contribution in [3.63, 3.8) is 0 Å². The smallest absolute Gasteiger partial charge is 0.305 e. The fourth-order valence-electron chi connectivity index (χ4n) is 2.39. The van der Waals surface area contributed by atoms with Crippen molar-refractivity contribution in [2.24, 2.45) is 5.92 Å². The number of ether oxygens (including phenoxy) is 2. The van der Waals surface area contributed by atoms with Crippen molar-refractivity contribution in [2.45, 2.75) is 69.9 Å². The van der Waals surface area contributed by atoms with Gasteiger partial charge in [0.2, 0.25) is 0 Å². The number of hydrogen-bond acceptors (Lipinski definition) is 7. The highest BCUT2D eigenvalue weighted by molar-refractivity contribution is 5.67. The van der Waals surface area contributed by atoms with E-state index in [4.69, 9.17) is 19.7 Å². The van der Waals surface area contributed by atoms with Crippen LogP contribution in [0.1, 0.15) is 33.1 Å².